The molecule has 0 nitrogen and oxygen atoms in total. The molecule has 0 saturated carbocycles. The van der Waals surface area contributed by atoms with Crippen LogP contribution < -0.4 is 0 Å². The lowest BCUT2D eigenvalue weighted by molar-refractivity contribution is 0.604. The maximum Gasteiger partial charge on any atom is 0.123 e. The van der Waals surface area contributed by atoms with Crippen LogP contribution in [0.3, 0.4) is 0 Å². The molecule has 2 rings (SSSR count). The van der Waals surface area contributed by atoms with Gasteiger partial charge in [-0.2, -0.15) is 0 Å². The van der Waals surface area contributed by atoms with Crippen LogP contribution >= 0.6 is 27.3 Å². The van der Waals surface area contributed by atoms with E-state index >= 15 is 0 Å². The van der Waals surface area contributed by atoms with E-state index in [0.29, 0.717) is 0 Å². The lowest BCUT2D eigenvalue weighted by atomic mass is 9.95. The first-order valence-electron chi connectivity index (χ1n) is 6.29. The van der Waals surface area contributed by atoms with E-state index in [-0.39, 0.29) is 16.1 Å². The number of alkyl halides is 1. The number of halogens is 2. The van der Waals surface area contributed by atoms with Gasteiger partial charge in [-0.25, -0.2) is 4.39 Å². The van der Waals surface area contributed by atoms with Crippen molar-refractivity contribution in [3.05, 3.63) is 57.0 Å². The quantitative estimate of drug-likeness (QED) is 0.590. The average molecular weight is 341 g/mol. The summed E-state index contributed by atoms with van der Waals surface area (Å²) in [6.45, 7) is 8.54. The van der Waals surface area contributed by atoms with E-state index in [2.05, 4.69) is 48.8 Å². The molecule has 0 fully saturated rings. The first-order valence-corrected chi connectivity index (χ1v) is 8.02. The van der Waals surface area contributed by atoms with Gasteiger partial charge in [-0.15, -0.1) is 11.3 Å². The minimum Gasteiger partial charge on any atom is -0.207 e. The molecule has 1 aromatic heterocycles. The van der Waals surface area contributed by atoms with E-state index in [0.717, 1.165) is 11.1 Å². The van der Waals surface area contributed by atoms with Crippen molar-refractivity contribution in [3.63, 3.8) is 0 Å². The molecule has 0 aliphatic heterocycles. The monoisotopic (exact) mass is 340 g/mol. The van der Waals surface area contributed by atoms with Gasteiger partial charge in [-0.05, 0) is 47.7 Å². The van der Waals surface area contributed by atoms with Crippen molar-refractivity contribution in [2.45, 2.75) is 37.9 Å². The molecule has 0 N–H and O–H groups in total. The van der Waals surface area contributed by atoms with Crippen molar-refractivity contribution < 1.29 is 4.39 Å². The van der Waals surface area contributed by atoms with Crippen molar-refractivity contribution in [1.82, 2.24) is 0 Å². The zero-order chi connectivity index (χ0) is 14.2. The van der Waals surface area contributed by atoms with Crippen LogP contribution in [-0.4, -0.2) is 0 Å². The number of hydrogen-bond donors (Lipinski definition) is 0. The molecular weight excluding hydrogens is 323 g/mol. The Bertz CT molecular complexity index is 560. The van der Waals surface area contributed by atoms with Gasteiger partial charge in [0, 0.05) is 9.75 Å². The van der Waals surface area contributed by atoms with Gasteiger partial charge in [-0.1, -0.05) is 42.8 Å². The molecule has 0 aliphatic rings. The standard InChI is InChI=1S/C16H18BrFS/c1-10-7-11(9-12(18)8-10)15(17)13-5-6-14(19-13)16(2,3)4/h5-9,15H,1-4H3. The molecule has 1 atom stereocenters. The molecule has 0 saturated heterocycles. The Hall–Kier alpha value is -0.670. The zero-order valence-electron chi connectivity index (χ0n) is 11.6. The number of rotatable bonds is 2. The lowest BCUT2D eigenvalue weighted by Crippen LogP contribution is -2.07. The molecule has 0 radical (unpaired) electrons. The predicted octanol–water partition coefficient (Wildman–Crippen LogP) is 5.98. The van der Waals surface area contributed by atoms with Gasteiger partial charge in [0.1, 0.15) is 5.82 Å². The molecule has 0 bridgehead atoms. The van der Waals surface area contributed by atoms with Gasteiger partial charge in [0.25, 0.3) is 0 Å². The van der Waals surface area contributed by atoms with Gasteiger partial charge < -0.3 is 0 Å². The molecule has 1 aromatic carbocycles. The minimum absolute atomic E-state index is 0.0583. The third kappa shape index (κ3) is 3.46. The topological polar surface area (TPSA) is 0 Å². The fourth-order valence-electron chi connectivity index (χ4n) is 1.97. The Morgan fingerprint density at radius 2 is 1.84 bits per heavy atom. The van der Waals surface area contributed by atoms with Crippen molar-refractivity contribution in [2.24, 2.45) is 0 Å². The molecular formula is C16H18BrFS. The van der Waals surface area contributed by atoms with Crippen LogP contribution in [0.1, 0.15) is 46.5 Å². The first-order chi connectivity index (χ1) is 8.77. The van der Waals surface area contributed by atoms with Crippen LogP contribution in [-0.2, 0) is 5.41 Å². The summed E-state index contributed by atoms with van der Waals surface area (Å²) in [5.74, 6) is -0.174. The second-order valence-corrected chi connectivity index (χ2v) is 7.91. The molecule has 0 spiro atoms. The van der Waals surface area contributed by atoms with E-state index < -0.39 is 0 Å². The second kappa shape index (κ2) is 5.37. The largest absolute Gasteiger partial charge is 0.207 e. The van der Waals surface area contributed by atoms with Crippen LogP contribution in [0.4, 0.5) is 4.39 Å². The van der Waals surface area contributed by atoms with Crippen molar-refractivity contribution in [2.75, 3.05) is 0 Å². The maximum atomic E-state index is 13.5. The molecule has 0 amide bonds. The van der Waals surface area contributed by atoms with Crippen LogP contribution in [0.5, 0.6) is 0 Å². The summed E-state index contributed by atoms with van der Waals surface area (Å²) in [6.07, 6.45) is 0. The van der Waals surface area contributed by atoms with E-state index in [1.165, 1.54) is 9.75 Å². The Morgan fingerprint density at radius 3 is 2.37 bits per heavy atom. The summed E-state index contributed by atoms with van der Waals surface area (Å²) in [4.78, 5) is 2.62. The van der Waals surface area contributed by atoms with E-state index in [9.17, 15) is 4.39 Å². The highest BCUT2D eigenvalue weighted by Crippen LogP contribution is 2.39. The molecule has 2 aromatic rings. The second-order valence-electron chi connectivity index (χ2n) is 5.88. The molecule has 102 valence electrons. The fraction of sp³-hybridized carbons (Fsp3) is 0.375. The Morgan fingerprint density at radius 1 is 1.16 bits per heavy atom. The van der Waals surface area contributed by atoms with Crippen LogP contribution in [0.25, 0.3) is 0 Å². The number of benzene rings is 1. The summed E-state index contributed by atoms with van der Waals surface area (Å²) >= 11 is 5.47. The fourth-order valence-corrected chi connectivity index (χ4v) is 3.74. The number of hydrogen-bond acceptors (Lipinski definition) is 1. The zero-order valence-corrected chi connectivity index (χ0v) is 14.0. The van der Waals surface area contributed by atoms with Crippen molar-refractivity contribution in [3.8, 4) is 0 Å². The van der Waals surface area contributed by atoms with Gasteiger partial charge >= 0.3 is 0 Å². The highest BCUT2D eigenvalue weighted by atomic mass is 79.9. The predicted molar refractivity (Wildman–Crippen MR) is 84.9 cm³/mol. The molecule has 0 aliphatic carbocycles. The van der Waals surface area contributed by atoms with Crippen LogP contribution in [0.15, 0.2) is 30.3 Å². The Kier molecular flexibility index (Phi) is 4.17. The smallest absolute Gasteiger partial charge is 0.123 e. The van der Waals surface area contributed by atoms with Crippen LogP contribution in [0.2, 0.25) is 0 Å². The summed E-state index contributed by atoms with van der Waals surface area (Å²) in [5.41, 5.74) is 2.08. The SMILES string of the molecule is Cc1cc(F)cc(C(Br)c2ccc(C(C)(C)C)s2)c1. The van der Waals surface area contributed by atoms with Gasteiger partial charge in [-0.3, -0.25) is 0 Å². The number of thiophene rings is 1. The van der Waals surface area contributed by atoms with E-state index in [1.54, 1.807) is 23.5 Å². The third-order valence-electron chi connectivity index (χ3n) is 2.97. The minimum atomic E-state index is -0.174. The molecule has 1 unspecified atom stereocenters. The first kappa shape index (κ1) is 14.7. The van der Waals surface area contributed by atoms with Crippen LogP contribution in [0, 0.1) is 12.7 Å². The lowest BCUT2D eigenvalue weighted by Gasteiger charge is -2.16. The van der Waals surface area contributed by atoms with Crippen molar-refractivity contribution in [1.29, 1.82) is 0 Å². The third-order valence-corrected chi connectivity index (χ3v) is 5.87. The summed E-state index contributed by atoms with van der Waals surface area (Å²) in [6, 6.07) is 9.48. The highest BCUT2D eigenvalue weighted by Gasteiger charge is 2.19. The average Bonchev–Trinajstić information content (AvgIpc) is 2.75. The summed E-state index contributed by atoms with van der Waals surface area (Å²) < 4.78 is 13.5. The number of aryl methyl sites for hydroxylation is 1. The van der Waals surface area contributed by atoms with Gasteiger partial charge in [0.05, 0.1) is 4.83 Å². The highest BCUT2D eigenvalue weighted by molar-refractivity contribution is 9.09. The maximum absolute atomic E-state index is 13.5. The molecule has 1 heterocycles. The van der Waals surface area contributed by atoms with Gasteiger partial charge in [0.15, 0.2) is 0 Å². The normalized spacial score (nSPS) is 13.6. The Balaban J connectivity index is 2.33. The Labute approximate surface area is 126 Å². The van der Waals surface area contributed by atoms with Gasteiger partial charge in [0.2, 0.25) is 0 Å². The van der Waals surface area contributed by atoms with E-state index in [1.807, 2.05) is 13.0 Å². The molecule has 3 heteroatoms. The molecule has 19 heavy (non-hydrogen) atoms. The van der Waals surface area contributed by atoms with Crippen molar-refractivity contribution >= 4 is 27.3 Å². The van der Waals surface area contributed by atoms with E-state index in [4.69, 9.17) is 0 Å². The summed E-state index contributed by atoms with van der Waals surface area (Å²) in [5, 5.41) is 0. The summed E-state index contributed by atoms with van der Waals surface area (Å²) in [7, 11) is 0.